The Bertz CT molecular complexity index is 1020. The highest BCUT2D eigenvalue weighted by molar-refractivity contribution is 6.30. The van der Waals surface area contributed by atoms with Gasteiger partial charge in [-0.15, -0.1) is 0 Å². The summed E-state index contributed by atoms with van der Waals surface area (Å²) in [7, 11) is 0. The first kappa shape index (κ1) is 17.3. The quantitative estimate of drug-likeness (QED) is 0.591. The Morgan fingerprint density at radius 3 is 2.08 bits per heavy atom. The number of aromatic hydroxyl groups is 1. The predicted octanol–water partition coefficient (Wildman–Crippen LogP) is 2.93. The van der Waals surface area contributed by atoms with Gasteiger partial charge in [0.2, 0.25) is 0 Å². The molecule has 0 saturated carbocycles. The molecule has 25 heavy (non-hydrogen) atoms. The number of hydrogen-bond acceptors (Lipinski definition) is 2. The van der Waals surface area contributed by atoms with Crippen molar-refractivity contribution in [2.45, 2.75) is 0 Å². The van der Waals surface area contributed by atoms with Gasteiger partial charge < -0.3 is 17.5 Å². The summed E-state index contributed by atoms with van der Waals surface area (Å²) in [5, 5.41) is 12.6. The molecule has 0 saturated heterocycles. The van der Waals surface area contributed by atoms with Crippen LogP contribution in [-0.4, -0.2) is 10.1 Å². The Labute approximate surface area is 157 Å². The maximum atomic E-state index is 11.0. The zero-order valence-electron chi connectivity index (χ0n) is 13.2. The first-order valence-electron chi connectivity index (χ1n) is 7.67. The number of para-hydroxylation sites is 1. The molecule has 0 amide bonds. The van der Waals surface area contributed by atoms with Crippen LogP contribution in [0, 0.1) is 0 Å². The molecular weight excluding hydrogens is 353 g/mol. The molecule has 0 aliphatic heterocycles. The third kappa shape index (κ3) is 3.19. The van der Waals surface area contributed by atoms with Crippen molar-refractivity contribution in [3.8, 4) is 28.1 Å². The molecule has 1 aromatic heterocycles. The molecule has 2 nitrogen and oxygen atoms in total. The van der Waals surface area contributed by atoms with Crippen molar-refractivity contribution in [2.75, 3.05) is 0 Å². The SMILES string of the molecule is Oc1c(-c2ccc(Cl)cc2)nc2ccccc2c1-c1ccccc1.[Cl-]. The summed E-state index contributed by atoms with van der Waals surface area (Å²) in [6.45, 7) is 0. The minimum Gasteiger partial charge on any atom is -1.00 e. The zero-order valence-corrected chi connectivity index (χ0v) is 14.7. The van der Waals surface area contributed by atoms with E-state index in [0.717, 1.165) is 27.6 Å². The van der Waals surface area contributed by atoms with E-state index in [2.05, 4.69) is 4.98 Å². The topological polar surface area (TPSA) is 33.1 Å². The molecule has 0 aliphatic carbocycles. The predicted molar refractivity (Wildman–Crippen MR) is 99.3 cm³/mol. The van der Waals surface area contributed by atoms with Crippen LogP contribution in [0.25, 0.3) is 33.3 Å². The van der Waals surface area contributed by atoms with Crippen molar-refractivity contribution in [3.05, 3.63) is 83.9 Å². The lowest BCUT2D eigenvalue weighted by atomic mass is 9.97. The van der Waals surface area contributed by atoms with Crippen molar-refractivity contribution in [3.63, 3.8) is 0 Å². The third-order valence-electron chi connectivity index (χ3n) is 4.05. The number of benzene rings is 3. The van der Waals surface area contributed by atoms with Gasteiger partial charge in [0.1, 0.15) is 11.4 Å². The Hall–Kier alpha value is -2.55. The first-order chi connectivity index (χ1) is 11.7. The fourth-order valence-corrected chi connectivity index (χ4v) is 3.03. The summed E-state index contributed by atoms with van der Waals surface area (Å²) < 4.78 is 0. The fourth-order valence-electron chi connectivity index (χ4n) is 2.91. The second kappa shape index (κ2) is 7.14. The standard InChI is InChI=1S/C21H14ClNO.ClH/c22-16-12-10-15(11-13-16)20-21(24)19(14-6-2-1-3-7-14)17-8-4-5-9-18(17)23-20;/h1-13,24H;1H/p-1. The largest absolute Gasteiger partial charge is 1.00 e. The molecule has 1 N–H and O–H groups in total. The Morgan fingerprint density at radius 2 is 1.36 bits per heavy atom. The number of rotatable bonds is 2. The number of halogens is 2. The number of pyridine rings is 1. The molecule has 0 aliphatic rings. The maximum absolute atomic E-state index is 11.0. The second-order valence-corrected chi connectivity index (χ2v) is 6.01. The van der Waals surface area contributed by atoms with Crippen molar-refractivity contribution in [1.29, 1.82) is 0 Å². The summed E-state index contributed by atoms with van der Waals surface area (Å²) >= 11 is 5.98. The van der Waals surface area contributed by atoms with Gasteiger partial charge in [-0.2, -0.15) is 0 Å². The van der Waals surface area contributed by atoms with E-state index in [9.17, 15) is 5.11 Å². The number of fused-ring (bicyclic) bond motifs is 1. The smallest absolute Gasteiger partial charge is 0.150 e. The molecule has 4 heteroatoms. The van der Waals surface area contributed by atoms with E-state index in [4.69, 9.17) is 11.6 Å². The molecule has 0 radical (unpaired) electrons. The number of aromatic nitrogens is 1. The molecule has 0 spiro atoms. The van der Waals surface area contributed by atoms with Gasteiger partial charge in [0.25, 0.3) is 0 Å². The van der Waals surface area contributed by atoms with Crippen LogP contribution in [0.1, 0.15) is 0 Å². The highest BCUT2D eigenvalue weighted by Crippen LogP contribution is 2.41. The van der Waals surface area contributed by atoms with Crippen LogP contribution in [0.2, 0.25) is 5.02 Å². The number of nitrogens with zero attached hydrogens (tertiary/aromatic N) is 1. The lowest BCUT2D eigenvalue weighted by molar-refractivity contribution is -0.00000550. The lowest BCUT2D eigenvalue weighted by Gasteiger charge is -2.13. The van der Waals surface area contributed by atoms with E-state index in [-0.39, 0.29) is 18.2 Å². The van der Waals surface area contributed by atoms with Crippen LogP contribution in [0.5, 0.6) is 5.75 Å². The first-order valence-corrected chi connectivity index (χ1v) is 8.05. The summed E-state index contributed by atoms with van der Waals surface area (Å²) in [6, 6.07) is 25.1. The van der Waals surface area contributed by atoms with Gasteiger partial charge in [-0.25, -0.2) is 4.98 Å². The van der Waals surface area contributed by atoms with Gasteiger partial charge in [-0.1, -0.05) is 72.3 Å². The Kier molecular flexibility index (Phi) is 4.93. The van der Waals surface area contributed by atoms with Gasteiger partial charge in [-0.05, 0) is 23.8 Å². The lowest BCUT2D eigenvalue weighted by Crippen LogP contribution is -3.00. The van der Waals surface area contributed by atoms with E-state index < -0.39 is 0 Å². The van der Waals surface area contributed by atoms with Crippen molar-refractivity contribution in [1.82, 2.24) is 4.98 Å². The summed E-state index contributed by atoms with van der Waals surface area (Å²) in [4.78, 5) is 4.67. The van der Waals surface area contributed by atoms with Gasteiger partial charge in [0.05, 0.1) is 5.52 Å². The van der Waals surface area contributed by atoms with Crippen LogP contribution >= 0.6 is 11.6 Å². The van der Waals surface area contributed by atoms with Gasteiger partial charge >= 0.3 is 0 Å². The van der Waals surface area contributed by atoms with Crippen LogP contribution in [0.4, 0.5) is 0 Å². The van der Waals surface area contributed by atoms with Gasteiger partial charge in [0.15, 0.2) is 0 Å². The molecule has 0 unspecified atom stereocenters. The van der Waals surface area contributed by atoms with Crippen molar-refractivity contribution in [2.24, 2.45) is 0 Å². The average Bonchev–Trinajstić information content (AvgIpc) is 2.63. The number of hydrogen-bond donors (Lipinski definition) is 1. The molecule has 124 valence electrons. The van der Waals surface area contributed by atoms with Crippen LogP contribution in [0.3, 0.4) is 0 Å². The third-order valence-corrected chi connectivity index (χ3v) is 4.30. The molecule has 3 aromatic carbocycles. The second-order valence-electron chi connectivity index (χ2n) is 5.57. The molecule has 1 heterocycles. The van der Waals surface area contributed by atoms with E-state index in [1.165, 1.54) is 0 Å². The molecule has 0 fully saturated rings. The van der Waals surface area contributed by atoms with Gasteiger partial charge in [0, 0.05) is 21.5 Å². The van der Waals surface area contributed by atoms with Gasteiger partial charge in [-0.3, -0.25) is 0 Å². The summed E-state index contributed by atoms with van der Waals surface area (Å²) in [5.74, 6) is 0.183. The summed E-state index contributed by atoms with van der Waals surface area (Å²) in [6.07, 6.45) is 0. The van der Waals surface area contributed by atoms with Crippen LogP contribution < -0.4 is 12.4 Å². The average molecular weight is 367 g/mol. The van der Waals surface area contributed by atoms with E-state index in [0.29, 0.717) is 10.7 Å². The fraction of sp³-hybridized carbons (Fsp3) is 0. The Morgan fingerprint density at radius 1 is 0.720 bits per heavy atom. The van der Waals surface area contributed by atoms with E-state index in [1.807, 2.05) is 66.7 Å². The molecular formula is C21H14Cl2NO-. The molecule has 4 rings (SSSR count). The van der Waals surface area contributed by atoms with Crippen molar-refractivity contribution >= 4 is 22.5 Å². The molecule has 0 atom stereocenters. The Balaban J connectivity index is 0.00000182. The summed E-state index contributed by atoms with van der Waals surface area (Å²) in [5.41, 5.74) is 4.00. The minimum absolute atomic E-state index is 0. The normalized spacial score (nSPS) is 10.4. The van der Waals surface area contributed by atoms with E-state index in [1.54, 1.807) is 12.1 Å². The highest BCUT2D eigenvalue weighted by atomic mass is 35.5. The zero-order chi connectivity index (χ0) is 16.5. The van der Waals surface area contributed by atoms with E-state index >= 15 is 0 Å². The maximum Gasteiger partial charge on any atom is 0.150 e. The monoisotopic (exact) mass is 366 g/mol. The van der Waals surface area contributed by atoms with Crippen molar-refractivity contribution < 1.29 is 17.5 Å². The highest BCUT2D eigenvalue weighted by Gasteiger charge is 2.16. The minimum atomic E-state index is 0. The molecule has 4 aromatic rings. The van der Waals surface area contributed by atoms with Crippen LogP contribution in [0.15, 0.2) is 78.9 Å². The molecule has 0 bridgehead atoms. The van der Waals surface area contributed by atoms with Crippen LogP contribution in [-0.2, 0) is 0 Å².